The number of rotatable bonds is 7. The van der Waals surface area contributed by atoms with Crippen LogP contribution in [-0.2, 0) is 14.4 Å². The number of hydrogen-bond acceptors (Lipinski definition) is 5. The third kappa shape index (κ3) is 3.87. The van der Waals surface area contributed by atoms with Gasteiger partial charge in [0.15, 0.2) is 5.60 Å². The summed E-state index contributed by atoms with van der Waals surface area (Å²) in [7, 11) is 0. The minimum Gasteiger partial charge on any atom is -0.481 e. The molecule has 0 saturated heterocycles. The van der Waals surface area contributed by atoms with E-state index in [0.717, 1.165) is 0 Å². The molecule has 5 atom stereocenters. The summed E-state index contributed by atoms with van der Waals surface area (Å²) < 4.78 is 0. The molecule has 1 aliphatic rings. The molecule has 1 aliphatic carbocycles. The lowest BCUT2D eigenvalue weighted by atomic mass is 9.57. The number of aliphatic hydroxyl groups is 2. The lowest BCUT2D eigenvalue weighted by molar-refractivity contribution is -0.192. The fourth-order valence-electron chi connectivity index (χ4n) is 4.07. The van der Waals surface area contributed by atoms with Gasteiger partial charge in [-0.25, -0.2) is 4.79 Å². The van der Waals surface area contributed by atoms with Crippen molar-refractivity contribution in [2.24, 2.45) is 23.2 Å². The molecule has 24 heavy (non-hydrogen) atoms. The van der Waals surface area contributed by atoms with E-state index < -0.39 is 47.4 Å². The second-order valence-corrected chi connectivity index (χ2v) is 7.44. The van der Waals surface area contributed by atoms with Crippen molar-refractivity contribution < 1.29 is 39.9 Å². The van der Waals surface area contributed by atoms with Crippen molar-refractivity contribution in [3.8, 4) is 0 Å². The zero-order chi connectivity index (χ0) is 18.9. The number of carboxylic acids is 3. The lowest BCUT2D eigenvalue weighted by Gasteiger charge is -2.48. The van der Waals surface area contributed by atoms with Crippen LogP contribution in [0.3, 0.4) is 0 Å². The van der Waals surface area contributed by atoms with Gasteiger partial charge in [0.25, 0.3) is 0 Å². The number of hydrogen-bond donors (Lipinski definition) is 5. The predicted molar refractivity (Wildman–Crippen MR) is 82.3 cm³/mol. The first kappa shape index (κ1) is 20.4. The summed E-state index contributed by atoms with van der Waals surface area (Å²) in [5, 5.41) is 48.6. The topological polar surface area (TPSA) is 152 Å². The Morgan fingerprint density at radius 3 is 2.08 bits per heavy atom. The number of aliphatic hydroxyl groups excluding tert-OH is 1. The van der Waals surface area contributed by atoms with Crippen LogP contribution in [-0.4, -0.2) is 55.1 Å². The van der Waals surface area contributed by atoms with Gasteiger partial charge in [0.2, 0.25) is 0 Å². The maximum atomic E-state index is 11.8. The summed E-state index contributed by atoms with van der Waals surface area (Å²) >= 11 is 0. The quantitative estimate of drug-likeness (QED) is 0.454. The fraction of sp³-hybridized carbons (Fsp3) is 0.812. The van der Waals surface area contributed by atoms with Gasteiger partial charge >= 0.3 is 17.9 Å². The molecule has 0 spiro atoms. The first-order valence-corrected chi connectivity index (χ1v) is 7.93. The molecule has 8 heteroatoms. The molecule has 1 rings (SSSR count). The van der Waals surface area contributed by atoms with Crippen molar-refractivity contribution in [1.29, 1.82) is 0 Å². The van der Waals surface area contributed by atoms with Crippen LogP contribution < -0.4 is 0 Å². The number of aliphatic carboxylic acids is 3. The summed E-state index contributed by atoms with van der Waals surface area (Å²) in [6.07, 6.45) is -1.32. The van der Waals surface area contributed by atoms with Gasteiger partial charge < -0.3 is 25.5 Å². The third-order valence-corrected chi connectivity index (χ3v) is 5.29. The van der Waals surface area contributed by atoms with Gasteiger partial charge in [-0.3, -0.25) is 9.59 Å². The molecule has 0 heterocycles. The Hall–Kier alpha value is -1.67. The average molecular weight is 346 g/mol. The van der Waals surface area contributed by atoms with E-state index in [1.807, 2.05) is 13.8 Å². The van der Waals surface area contributed by atoms with E-state index >= 15 is 0 Å². The highest BCUT2D eigenvalue weighted by Crippen LogP contribution is 2.50. The maximum Gasteiger partial charge on any atom is 0.337 e. The minimum absolute atomic E-state index is 0.0119. The van der Waals surface area contributed by atoms with Gasteiger partial charge in [-0.2, -0.15) is 0 Å². The number of carboxylic acid groups (broad SMARTS) is 3. The van der Waals surface area contributed by atoms with Gasteiger partial charge in [0.05, 0.1) is 12.5 Å². The summed E-state index contributed by atoms with van der Waals surface area (Å²) in [6, 6.07) is 0. The van der Waals surface area contributed by atoms with Crippen molar-refractivity contribution in [1.82, 2.24) is 0 Å². The molecule has 8 nitrogen and oxygen atoms in total. The van der Waals surface area contributed by atoms with Crippen LogP contribution in [0.25, 0.3) is 0 Å². The normalized spacial score (nSPS) is 31.2. The molecule has 0 aromatic rings. The van der Waals surface area contributed by atoms with Crippen molar-refractivity contribution in [2.45, 2.75) is 58.2 Å². The maximum absolute atomic E-state index is 11.8. The van der Waals surface area contributed by atoms with Gasteiger partial charge in [-0.15, -0.1) is 0 Å². The van der Waals surface area contributed by atoms with E-state index in [-0.39, 0.29) is 24.7 Å². The second kappa shape index (κ2) is 7.06. The van der Waals surface area contributed by atoms with E-state index in [0.29, 0.717) is 6.42 Å². The highest BCUT2D eigenvalue weighted by Gasteiger charge is 2.59. The average Bonchev–Trinajstić information content (AvgIpc) is 2.35. The fourth-order valence-corrected chi connectivity index (χ4v) is 4.07. The molecule has 1 saturated carbocycles. The summed E-state index contributed by atoms with van der Waals surface area (Å²) in [5.74, 6) is -6.81. The second-order valence-electron chi connectivity index (χ2n) is 7.44. The number of carbonyl (C=O) groups is 3. The van der Waals surface area contributed by atoms with Crippen molar-refractivity contribution in [2.75, 3.05) is 0 Å². The lowest BCUT2D eigenvalue weighted by Crippen LogP contribution is -2.58. The van der Waals surface area contributed by atoms with E-state index in [2.05, 4.69) is 0 Å². The molecule has 5 N–H and O–H groups in total. The van der Waals surface area contributed by atoms with Crippen LogP contribution in [0, 0.1) is 23.2 Å². The van der Waals surface area contributed by atoms with E-state index in [1.54, 1.807) is 0 Å². The summed E-state index contributed by atoms with van der Waals surface area (Å²) in [4.78, 5) is 34.2. The Balaban J connectivity index is 3.26. The Morgan fingerprint density at radius 2 is 1.75 bits per heavy atom. The third-order valence-electron chi connectivity index (χ3n) is 5.29. The summed E-state index contributed by atoms with van der Waals surface area (Å²) in [5.41, 5.74) is -4.18. The first-order valence-electron chi connectivity index (χ1n) is 7.93. The van der Waals surface area contributed by atoms with Gasteiger partial charge in [-0.05, 0) is 36.5 Å². The zero-order valence-corrected chi connectivity index (χ0v) is 14.1. The smallest absolute Gasteiger partial charge is 0.337 e. The molecule has 0 aliphatic heterocycles. The Morgan fingerprint density at radius 1 is 1.21 bits per heavy atom. The molecule has 138 valence electrons. The van der Waals surface area contributed by atoms with Crippen LogP contribution in [0.1, 0.15) is 46.5 Å². The monoisotopic (exact) mass is 346 g/mol. The van der Waals surface area contributed by atoms with Crippen LogP contribution in [0.4, 0.5) is 0 Å². The van der Waals surface area contributed by atoms with Crippen molar-refractivity contribution in [3.63, 3.8) is 0 Å². The molecule has 0 aromatic heterocycles. The predicted octanol–water partition coefficient (Wildman–Crippen LogP) is 0.801. The van der Waals surface area contributed by atoms with E-state index in [9.17, 15) is 34.8 Å². The molecule has 0 aromatic carbocycles. The first-order chi connectivity index (χ1) is 10.8. The largest absolute Gasteiger partial charge is 0.481 e. The van der Waals surface area contributed by atoms with Crippen molar-refractivity contribution in [3.05, 3.63) is 0 Å². The van der Waals surface area contributed by atoms with Crippen molar-refractivity contribution >= 4 is 17.9 Å². The van der Waals surface area contributed by atoms with Crippen LogP contribution >= 0.6 is 0 Å². The van der Waals surface area contributed by atoms with Gasteiger partial charge in [-0.1, -0.05) is 20.8 Å². The van der Waals surface area contributed by atoms with Crippen LogP contribution in [0.5, 0.6) is 0 Å². The molecular weight excluding hydrogens is 320 g/mol. The molecular formula is C16H26O8. The Kier molecular flexibility index (Phi) is 6.00. The molecule has 0 radical (unpaired) electrons. The molecule has 5 unspecified atom stereocenters. The zero-order valence-electron chi connectivity index (χ0n) is 14.1. The van der Waals surface area contributed by atoms with Gasteiger partial charge in [0.1, 0.15) is 5.92 Å². The summed E-state index contributed by atoms with van der Waals surface area (Å²) in [6.45, 7) is 5.35. The van der Waals surface area contributed by atoms with E-state index in [4.69, 9.17) is 5.11 Å². The minimum atomic E-state index is -2.95. The molecule has 1 fully saturated rings. The molecule has 0 bridgehead atoms. The highest BCUT2D eigenvalue weighted by molar-refractivity contribution is 5.90. The SMILES string of the molecule is CC(C)C1CCC(C)(C(C(=O)O)C(O)(CC(=O)O)C(=O)O)CC1O. The van der Waals surface area contributed by atoms with Gasteiger partial charge in [0, 0.05) is 0 Å². The Labute approximate surface area is 140 Å². The van der Waals surface area contributed by atoms with E-state index in [1.165, 1.54) is 6.92 Å². The van der Waals surface area contributed by atoms with Crippen LogP contribution in [0.15, 0.2) is 0 Å². The standard InChI is InChI=1S/C16H26O8/c1-8(2)9-4-5-15(3,6-10(9)17)12(13(20)21)16(24,14(22)23)7-11(18)19/h8-10,12,17,24H,4-7H2,1-3H3,(H,18,19)(H,20,21)(H,22,23). The Bertz CT molecular complexity index is 516. The molecule has 0 amide bonds. The highest BCUT2D eigenvalue weighted by atomic mass is 16.4. The van der Waals surface area contributed by atoms with Crippen LogP contribution in [0.2, 0.25) is 0 Å².